The van der Waals surface area contributed by atoms with Crippen molar-refractivity contribution in [3.63, 3.8) is 0 Å². The Hall–Kier alpha value is -0.540. The Bertz CT molecular complexity index is 587. The Morgan fingerprint density at radius 3 is 2.91 bits per heavy atom. The molecule has 0 heterocycles. The van der Waals surface area contributed by atoms with E-state index in [4.69, 9.17) is 4.74 Å². The minimum absolute atomic E-state index is 0.110. The molecule has 0 unspecified atom stereocenters. The fourth-order valence-electron chi connectivity index (χ4n) is 5.63. The first-order valence-electron chi connectivity index (χ1n) is 8.53. The van der Waals surface area contributed by atoms with E-state index in [9.17, 15) is 5.11 Å². The van der Waals surface area contributed by atoms with Gasteiger partial charge in [0.15, 0.2) is 0 Å². The smallest absolute Gasteiger partial charge is 0.119 e. The Labute approximate surface area is 141 Å². The van der Waals surface area contributed by atoms with Crippen LogP contribution in [0, 0.1) is 17.3 Å². The first-order valence-corrected chi connectivity index (χ1v) is 9.45. The van der Waals surface area contributed by atoms with Crippen LogP contribution in [0.25, 0.3) is 0 Å². The summed E-state index contributed by atoms with van der Waals surface area (Å²) in [5.74, 6) is 3.05. The van der Waals surface area contributed by atoms with E-state index in [1.165, 1.54) is 18.4 Å². The third kappa shape index (κ3) is 2.01. The Kier molecular flexibility index (Phi) is 3.58. The number of fused-ring (bicyclic) bond motifs is 5. The summed E-state index contributed by atoms with van der Waals surface area (Å²) in [6.45, 7) is 2.32. The highest BCUT2D eigenvalue weighted by Crippen LogP contribution is 2.61. The predicted molar refractivity (Wildman–Crippen MR) is 91.7 cm³/mol. The first kappa shape index (κ1) is 15.0. The lowest BCUT2D eigenvalue weighted by Gasteiger charge is -2.50. The number of methoxy groups -OCH3 is 1. The second-order valence-corrected chi connectivity index (χ2v) is 8.90. The van der Waals surface area contributed by atoms with E-state index in [0.29, 0.717) is 11.8 Å². The van der Waals surface area contributed by atoms with Crippen molar-refractivity contribution in [2.24, 2.45) is 17.3 Å². The van der Waals surface area contributed by atoms with Gasteiger partial charge in [0.2, 0.25) is 0 Å². The van der Waals surface area contributed by atoms with Crippen molar-refractivity contribution >= 4 is 15.9 Å². The molecule has 3 aliphatic carbocycles. The first-order chi connectivity index (χ1) is 10.5. The quantitative estimate of drug-likeness (QED) is 0.753. The van der Waals surface area contributed by atoms with Crippen LogP contribution in [-0.4, -0.2) is 23.1 Å². The van der Waals surface area contributed by atoms with Crippen molar-refractivity contribution < 1.29 is 9.84 Å². The SMILES string of the molecule is COc1ccc2c(c1)CC[C@@H]1[C@@H]2CC[C@@]2(C)[C@@H](O)[C@@H](Br)C[C@@H]12. The third-order valence-electron chi connectivity index (χ3n) is 6.87. The monoisotopic (exact) mass is 364 g/mol. The van der Waals surface area contributed by atoms with Gasteiger partial charge in [-0.15, -0.1) is 0 Å². The van der Waals surface area contributed by atoms with Gasteiger partial charge >= 0.3 is 0 Å². The molecule has 0 bridgehead atoms. The van der Waals surface area contributed by atoms with Gasteiger partial charge in [0.25, 0.3) is 0 Å². The van der Waals surface area contributed by atoms with Gasteiger partial charge in [0.05, 0.1) is 13.2 Å². The third-order valence-corrected chi connectivity index (χ3v) is 7.74. The second-order valence-electron chi connectivity index (χ2n) is 7.72. The number of halogens is 1. The van der Waals surface area contributed by atoms with Crippen molar-refractivity contribution in [1.29, 1.82) is 0 Å². The number of rotatable bonds is 1. The summed E-state index contributed by atoms with van der Waals surface area (Å²) in [6, 6.07) is 6.65. The molecule has 3 aliphatic rings. The van der Waals surface area contributed by atoms with Crippen molar-refractivity contribution in [2.75, 3.05) is 7.11 Å². The number of benzene rings is 1. The lowest BCUT2D eigenvalue weighted by molar-refractivity contribution is -0.0213. The topological polar surface area (TPSA) is 29.5 Å². The van der Waals surface area contributed by atoms with E-state index in [2.05, 4.69) is 41.1 Å². The van der Waals surface area contributed by atoms with Crippen molar-refractivity contribution in [2.45, 2.75) is 55.9 Å². The minimum atomic E-state index is -0.185. The highest BCUT2D eigenvalue weighted by Gasteiger charge is 2.57. The molecule has 0 radical (unpaired) electrons. The zero-order valence-electron chi connectivity index (χ0n) is 13.4. The van der Waals surface area contributed by atoms with Crippen LogP contribution in [0.4, 0.5) is 0 Å². The van der Waals surface area contributed by atoms with Gasteiger partial charge in [-0.05, 0) is 78.5 Å². The summed E-state index contributed by atoms with van der Waals surface area (Å²) < 4.78 is 5.39. The van der Waals surface area contributed by atoms with Crippen LogP contribution in [0.3, 0.4) is 0 Å². The molecule has 2 nitrogen and oxygen atoms in total. The van der Waals surface area contributed by atoms with Gasteiger partial charge in [-0.2, -0.15) is 0 Å². The van der Waals surface area contributed by atoms with Crippen LogP contribution < -0.4 is 4.74 Å². The van der Waals surface area contributed by atoms with Gasteiger partial charge in [0, 0.05) is 4.83 Å². The number of hydrogen-bond acceptors (Lipinski definition) is 2. The normalized spacial score (nSPS) is 43.2. The summed E-state index contributed by atoms with van der Waals surface area (Å²) in [5.41, 5.74) is 3.14. The molecule has 1 aromatic rings. The zero-order chi connectivity index (χ0) is 15.5. The lowest BCUT2D eigenvalue weighted by Crippen LogP contribution is -2.44. The number of alkyl halides is 1. The molecule has 4 rings (SSSR count). The highest BCUT2D eigenvalue weighted by atomic mass is 79.9. The van der Waals surface area contributed by atoms with Crippen LogP contribution in [0.1, 0.15) is 49.7 Å². The lowest BCUT2D eigenvalue weighted by atomic mass is 9.55. The summed E-state index contributed by atoms with van der Waals surface area (Å²) in [7, 11) is 1.75. The molecular formula is C19H25BrO2. The maximum Gasteiger partial charge on any atom is 0.119 e. The van der Waals surface area contributed by atoms with E-state index < -0.39 is 0 Å². The van der Waals surface area contributed by atoms with Crippen LogP contribution in [-0.2, 0) is 6.42 Å². The molecular weight excluding hydrogens is 340 g/mol. The van der Waals surface area contributed by atoms with Gasteiger partial charge < -0.3 is 9.84 Å². The fourth-order valence-corrected chi connectivity index (χ4v) is 6.64. The number of aliphatic hydroxyl groups is 1. The molecule has 22 heavy (non-hydrogen) atoms. The summed E-state index contributed by atoms with van der Waals surface area (Å²) in [4.78, 5) is 0.276. The Morgan fingerprint density at radius 2 is 2.14 bits per heavy atom. The molecule has 0 spiro atoms. The van der Waals surface area contributed by atoms with Crippen molar-refractivity contribution in [3.05, 3.63) is 29.3 Å². The number of aryl methyl sites for hydroxylation is 1. The van der Waals surface area contributed by atoms with E-state index in [0.717, 1.165) is 30.9 Å². The Balaban J connectivity index is 1.69. The fraction of sp³-hybridized carbons (Fsp3) is 0.684. The molecule has 0 saturated heterocycles. The van der Waals surface area contributed by atoms with Crippen molar-refractivity contribution in [1.82, 2.24) is 0 Å². The Morgan fingerprint density at radius 1 is 1.32 bits per heavy atom. The maximum absolute atomic E-state index is 10.6. The van der Waals surface area contributed by atoms with Crippen molar-refractivity contribution in [3.8, 4) is 5.75 Å². The number of ether oxygens (including phenoxy) is 1. The van der Waals surface area contributed by atoms with Gasteiger partial charge in [-0.1, -0.05) is 28.9 Å². The van der Waals surface area contributed by atoms with Crippen LogP contribution >= 0.6 is 15.9 Å². The van der Waals surface area contributed by atoms with Gasteiger partial charge in [-0.25, -0.2) is 0 Å². The summed E-state index contributed by atoms with van der Waals surface area (Å²) >= 11 is 3.73. The van der Waals surface area contributed by atoms with E-state index in [-0.39, 0.29) is 16.3 Å². The summed E-state index contributed by atoms with van der Waals surface area (Å²) in [6.07, 6.45) is 5.72. The molecule has 1 N–H and O–H groups in total. The standard InChI is InChI=1S/C19H25BrO2/c1-19-8-7-14-13-6-4-12(22-2)9-11(13)3-5-15(14)16(19)10-17(20)18(19)21/h4,6,9,14-18,21H,3,5,7-8,10H2,1-2H3/t14-,15-,16+,17+,18+,19-/m1/s1. The van der Waals surface area contributed by atoms with Gasteiger partial charge in [-0.3, -0.25) is 0 Å². The van der Waals surface area contributed by atoms with E-state index in [1.54, 1.807) is 12.7 Å². The average Bonchev–Trinajstić information content (AvgIpc) is 2.77. The van der Waals surface area contributed by atoms with Crippen LogP contribution in [0.2, 0.25) is 0 Å². The molecule has 0 amide bonds. The maximum atomic E-state index is 10.6. The van der Waals surface area contributed by atoms with Crippen LogP contribution in [0.15, 0.2) is 18.2 Å². The molecule has 6 atom stereocenters. The van der Waals surface area contributed by atoms with E-state index >= 15 is 0 Å². The minimum Gasteiger partial charge on any atom is -0.497 e. The number of aliphatic hydroxyl groups excluding tert-OH is 1. The largest absolute Gasteiger partial charge is 0.497 e. The van der Waals surface area contributed by atoms with Gasteiger partial charge in [0.1, 0.15) is 5.75 Å². The molecule has 0 aliphatic heterocycles. The predicted octanol–water partition coefficient (Wildman–Crippen LogP) is 4.29. The molecule has 3 heteroatoms. The molecule has 2 saturated carbocycles. The molecule has 120 valence electrons. The molecule has 2 fully saturated rings. The zero-order valence-corrected chi connectivity index (χ0v) is 15.0. The summed E-state index contributed by atoms with van der Waals surface area (Å²) in [5, 5.41) is 10.6. The molecule has 0 aromatic heterocycles. The second kappa shape index (κ2) is 5.24. The molecule has 1 aromatic carbocycles. The average molecular weight is 365 g/mol. The van der Waals surface area contributed by atoms with Crippen LogP contribution in [0.5, 0.6) is 5.75 Å². The highest BCUT2D eigenvalue weighted by molar-refractivity contribution is 9.09. The number of hydrogen-bond donors (Lipinski definition) is 1. The van der Waals surface area contributed by atoms with E-state index in [1.807, 2.05) is 0 Å².